The normalized spacial score (nSPS) is 15.2. The number of rotatable bonds is 8. The Bertz CT molecular complexity index is 1070. The van der Waals surface area contributed by atoms with Crippen molar-refractivity contribution in [2.75, 3.05) is 20.1 Å². The number of Topliss-reactive ketones (excluding diaryl/α,β-unsaturated/α-hetero) is 1. The summed E-state index contributed by atoms with van der Waals surface area (Å²) >= 11 is 0. The van der Waals surface area contributed by atoms with Crippen molar-refractivity contribution in [2.24, 2.45) is 5.92 Å². The second-order valence-corrected chi connectivity index (χ2v) is 7.55. The molecule has 31 heavy (non-hydrogen) atoms. The van der Waals surface area contributed by atoms with Crippen LogP contribution in [0, 0.1) is 17.1 Å². The molecule has 8 nitrogen and oxygen atoms in total. The first kappa shape index (κ1) is 22.3. The molecule has 2 heterocycles. The predicted octanol–water partition coefficient (Wildman–Crippen LogP) is 1.95. The van der Waals surface area contributed by atoms with Crippen LogP contribution in [0.1, 0.15) is 31.5 Å². The predicted molar refractivity (Wildman–Crippen MR) is 115 cm³/mol. The number of fused-ring (bicyclic) bond motifs is 1. The summed E-state index contributed by atoms with van der Waals surface area (Å²) in [5.41, 5.74) is -0.0225. The van der Waals surface area contributed by atoms with Gasteiger partial charge in [-0.2, -0.15) is 0 Å². The number of carbonyl (C=O) groups is 2. The molecule has 0 saturated carbocycles. The van der Waals surface area contributed by atoms with Gasteiger partial charge in [0.25, 0.3) is 5.56 Å². The van der Waals surface area contributed by atoms with E-state index in [-0.39, 0.29) is 34.9 Å². The third-order valence-electron chi connectivity index (χ3n) is 5.50. The number of aromatic amines is 1. The average Bonchev–Trinajstić information content (AvgIpc) is 2.78. The highest BCUT2D eigenvalue weighted by atomic mass is 19.1. The maximum Gasteiger partial charge on any atom is 0.258 e. The summed E-state index contributed by atoms with van der Waals surface area (Å²) in [6.45, 7) is 0.993. The van der Waals surface area contributed by atoms with Crippen LogP contribution in [-0.4, -0.2) is 52.9 Å². The van der Waals surface area contributed by atoms with Gasteiger partial charge in [-0.1, -0.05) is 6.07 Å². The van der Waals surface area contributed by atoms with Crippen molar-refractivity contribution in [3.63, 3.8) is 0 Å². The molecule has 164 valence electrons. The molecule has 0 aliphatic carbocycles. The molecular weight excluding hydrogens is 401 g/mol. The molecule has 0 atom stereocenters. The van der Waals surface area contributed by atoms with E-state index >= 15 is 0 Å². The van der Waals surface area contributed by atoms with E-state index in [1.165, 1.54) is 24.4 Å². The smallest absolute Gasteiger partial charge is 0.258 e. The number of benzene rings is 1. The molecule has 1 aromatic carbocycles. The summed E-state index contributed by atoms with van der Waals surface area (Å²) in [6, 6.07) is 4.24. The van der Waals surface area contributed by atoms with E-state index < -0.39 is 11.4 Å². The summed E-state index contributed by atoms with van der Waals surface area (Å²) in [5.74, 6) is -0.468. The Morgan fingerprint density at radius 1 is 1.35 bits per heavy atom. The van der Waals surface area contributed by atoms with Gasteiger partial charge in [-0.25, -0.2) is 9.37 Å². The van der Waals surface area contributed by atoms with E-state index in [2.05, 4.69) is 15.3 Å². The summed E-state index contributed by atoms with van der Waals surface area (Å²) in [5, 5.41) is 10.3. The van der Waals surface area contributed by atoms with Gasteiger partial charge in [-0.3, -0.25) is 14.4 Å². The SMILES string of the molecule is CN/C=C(\C=N)C(=O)C1CCN(C(=O)CCCc2nc3c(F)cccc3c(=O)[nH]2)CC1. The van der Waals surface area contributed by atoms with Crippen molar-refractivity contribution < 1.29 is 14.0 Å². The third kappa shape index (κ3) is 5.22. The Kier molecular flexibility index (Phi) is 7.28. The van der Waals surface area contributed by atoms with E-state index in [1.54, 1.807) is 11.9 Å². The highest BCUT2D eigenvalue weighted by Crippen LogP contribution is 2.21. The molecule has 3 rings (SSSR count). The first-order valence-corrected chi connectivity index (χ1v) is 10.3. The van der Waals surface area contributed by atoms with Crippen LogP contribution >= 0.6 is 0 Å². The number of H-pyrrole nitrogens is 1. The van der Waals surface area contributed by atoms with Gasteiger partial charge in [-0.05, 0) is 31.4 Å². The summed E-state index contributed by atoms with van der Waals surface area (Å²) < 4.78 is 13.9. The maximum absolute atomic E-state index is 13.9. The fraction of sp³-hybridized carbons (Fsp3) is 0.409. The van der Waals surface area contributed by atoms with E-state index in [0.29, 0.717) is 50.2 Å². The van der Waals surface area contributed by atoms with Gasteiger partial charge in [-0.15, -0.1) is 0 Å². The van der Waals surface area contributed by atoms with Crippen LogP contribution in [0.3, 0.4) is 0 Å². The molecule has 0 spiro atoms. The minimum Gasteiger partial charge on any atom is -0.393 e. The maximum atomic E-state index is 13.9. The zero-order chi connectivity index (χ0) is 22.4. The Morgan fingerprint density at radius 2 is 2.10 bits per heavy atom. The van der Waals surface area contributed by atoms with Crippen LogP contribution in [-0.2, 0) is 16.0 Å². The lowest BCUT2D eigenvalue weighted by molar-refractivity contribution is -0.134. The highest BCUT2D eigenvalue weighted by Gasteiger charge is 2.28. The van der Waals surface area contributed by atoms with Gasteiger partial charge in [0.2, 0.25) is 5.91 Å². The molecular formula is C22H26FN5O3. The Morgan fingerprint density at radius 3 is 2.77 bits per heavy atom. The van der Waals surface area contributed by atoms with E-state index in [9.17, 15) is 18.8 Å². The second-order valence-electron chi connectivity index (χ2n) is 7.55. The average molecular weight is 427 g/mol. The lowest BCUT2D eigenvalue weighted by Crippen LogP contribution is -2.40. The topological polar surface area (TPSA) is 119 Å². The lowest BCUT2D eigenvalue weighted by Gasteiger charge is -2.31. The molecule has 1 aliphatic rings. The number of carbonyl (C=O) groups excluding carboxylic acids is 2. The van der Waals surface area contributed by atoms with Crippen molar-refractivity contribution in [3.8, 4) is 0 Å². The second kappa shape index (κ2) is 10.1. The fourth-order valence-corrected chi connectivity index (χ4v) is 3.82. The molecule has 1 amide bonds. The van der Waals surface area contributed by atoms with Gasteiger partial charge in [0.05, 0.1) is 11.0 Å². The van der Waals surface area contributed by atoms with E-state index in [0.717, 1.165) is 6.21 Å². The zero-order valence-electron chi connectivity index (χ0n) is 17.4. The third-order valence-corrected chi connectivity index (χ3v) is 5.50. The number of amides is 1. The number of aryl methyl sites for hydroxylation is 1. The minimum atomic E-state index is -0.547. The number of piperidine rings is 1. The number of allylic oxidation sites excluding steroid dienone is 1. The van der Waals surface area contributed by atoms with Crippen LogP contribution < -0.4 is 10.9 Å². The number of halogens is 1. The minimum absolute atomic E-state index is 0.0155. The number of nitrogens with one attached hydrogen (secondary N) is 3. The largest absolute Gasteiger partial charge is 0.393 e. The monoisotopic (exact) mass is 427 g/mol. The number of hydrogen-bond donors (Lipinski definition) is 3. The molecule has 3 N–H and O–H groups in total. The number of aromatic nitrogens is 2. The van der Waals surface area contributed by atoms with Crippen LogP contribution in [0.2, 0.25) is 0 Å². The van der Waals surface area contributed by atoms with Crippen LogP contribution in [0.25, 0.3) is 10.9 Å². The van der Waals surface area contributed by atoms with Crippen molar-refractivity contribution in [2.45, 2.75) is 32.1 Å². The van der Waals surface area contributed by atoms with Gasteiger partial charge >= 0.3 is 0 Å². The molecule has 0 bridgehead atoms. The molecule has 1 aromatic heterocycles. The number of hydrogen-bond acceptors (Lipinski definition) is 6. The molecule has 1 saturated heterocycles. The zero-order valence-corrected chi connectivity index (χ0v) is 17.4. The molecule has 0 unspecified atom stereocenters. The number of ketones is 1. The summed E-state index contributed by atoms with van der Waals surface area (Å²) in [6.07, 6.45) is 4.82. The van der Waals surface area contributed by atoms with Gasteiger partial charge in [0, 0.05) is 51.3 Å². The van der Waals surface area contributed by atoms with Crippen molar-refractivity contribution in [1.82, 2.24) is 20.2 Å². The van der Waals surface area contributed by atoms with Crippen molar-refractivity contribution in [3.05, 3.63) is 52.0 Å². The first-order valence-electron chi connectivity index (χ1n) is 10.3. The number of nitrogens with zero attached hydrogens (tertiary/aromatic N) is 2. The molecule has 9 heteroatoms. The van der Waals surface area contributed by atoms with Crippen LogP contribution in [0.4, 0.5) is 4.39 Å². The molecule has 0 radical (unpaired) electrons. The van der Waals surface area contributed by atoms with Gasteiger partial charge in [0.1, 0.15) is 17.2 Å². The summed E-state index contributed by atoms with van der Waals surface area (Å²) in [7, 11) is 1.68. The standard InChI is InChI=1S/C22H26FN5O3/c1-25-13-15(12-24)21(30)14-8-10-28(11-9-14)19(29)7-3-6-18-26-20-16(22(31)27-18)4-2-5-17(20)23/h2,4-5,12-14,24-25H,3,6-11H2,1H3,(H,26,27,31)/b15-13+,24-12?. The quantitative estimate of drug-likeness (QED) is 0.439. The Balaban J connectivity index is 1.51. The molecule has 1 aliphatic heterocycles. The number of likely N-dealkylation sites (tertiary alicyclic amines) is 1. The summed E-state index contributed by atoms with van der Waals surface area (Å²) in [4.78, 5) is 45.7. The van der Waals surface area contributed by atoms with Gasteiger partial charge in [0.15, 0.2) is 5.78 Å². The van der Waals surface area contributed by atoms with E-state index in [1.807, 2.05) is 0 Å². The fourth-order valence-electron chi connectivity index (χ4n) is 3.82. The molecule has 2 aromatic rings. The Hall–Kier alpha value is -3.36. The van der Waals surface area contributed by atoms with Crippen molar-refractivity contribution in [1.29, 1.82) is 5.41 Å². The lowest BCUT2D eigenvalue weighted by atomic mass is 9.89. The van der Waals surface area contributed by atoms with E-state index in [4.69, 9.17) is 5.41 Å². The highest BCUT2D eigenvalue weighted by molar-refractivity contribution is 6.13. The molecule has 1 fully saturated rings. The van der Waals surface area contributed by atoms with Crippen molar-refractivity contribution >= 4 is 28.8 Å². The Labute approximate surface area is 179 Å². The van der Waals surface area contributed by atoms with Crippen LogP contribution in [0.5, 0.6) is 0 Å². The first-order chi connectivity index (χ1) is 14.9. The number of para-hydroxylation sites is 1. The van der Waals surface area contributed by atoms with Crippen LogP contribution in [0.15, 0.2) is 34.8 Å². The van der Waals surface area contributed by atoms with Gasteiger partial charge < -0.3 is 20.6 Å².